The highest BCUT2D eigenvalue weighted by atomic mass is 79.9. The number of hydrogen-bond donors (Lipinski definition) is 2. The molecule has 0 aromatic heterocycles. The zero-order valence-electron chi connectivity index (χ0n) is 16.5. The fourth-order valence-corrected chi connectivity index (χ4v) is 3.78. The molecule has 3 atom stereocenters. The molecule has 2 saturated carbocycles. The van der Waals surface area contributed by atoms with Crippen molar-refractivity contribution in [1.29, 1.82) is 0 Å². The van der Waals surface area contributed by atoms with Gasteiger partial charge in [-0.2, -0.15) is 0 Å². The summed E-state index contributed by atoms with van der Waals surface area (Å²) in [5.74, 6) is 0.802. The Morgan fingerprint density at radius 1 is 1.15 bits per heavy atom. The third kappa shape index (κ3) is 5.47. The SMILES string of the molecule is CC(C)(C)OC(=O)NCC(C)(NC(=O)C1CC1c1ccc(Br)cc1)C1CC1. The number of carbonyl (C=O) groups is 2. The minimum Gasteiger partial charge on any atom is -0.444 e. The lowest BCUT2D eigenvalue weighted by Crippen LogP contribution is -2.56. The molecule has 2 N–H and O–H groups in total. The van der Waals surface area contributed by atoms with Gasteiger partial charge in [0.15, 0.2) is 0 Å². The maximum atomic E-state index is 12.8. The lowest BCUT2D eigenvalue weighted by atomic mass is 9.95. The van der Waals surface area contributed by atoms with Gasteiger partial charge in [0.1, 0.15) is 5.60 Å². The standard InChI is InChI=1S/C21H29BrN2O3/c1-20(2,3)27-19(26)23-12-21(4,14-7-8-14)24-18(25)17-11-16(17)13-5-9-15(22)10-6-13/h5-6,9-10,14,16-17H,7-8,11-12H2,1-4H3,(H,23,26)(H,24,25). The van der Waals surface area contributed by atoms with Crippen LogP contribution in [0.15, 0.2) is 28.7 Å². The zero-order valence-corrected chi connectivity index (χ0v) is 18.1. The van der Waals surface area contributed by atoms with Crippen molar-refractivity contribution in [2.24, 2.45) is 11.8 Å². The maximum Gasteiger partial charge on any atom is 0.407 e. The van der Waals surface area contributed by atoms with Crippen LogP contribution in [0.3, 0.4) is 0 Å². The van der Waals surface area contributed by atoms with Crippen molar-refractivity contribution in [2.45, 2.75) is 64.0 Å². The van der Waals surface area contributed by atoms with Crippen LogP contribution in [0.4, 0.5) is 4.79 Å². The number of hydrogen-bond acceptors (Lipinski definition) is 3. The lowest BCUT2D eigenvalue weighted by Gasteiger charge is -2.32. The second-order valence-electron chi connectivity index (χ2n) is 9.04. The average molecular weight is 437 g/mol. The molecule has 3 unspecified atom stereocenters. The molecular formula is C21H29BrN2O3. The van der Waals surface area contributed by atoms with Crippen LogP contribution in [0.5, 0.6) is 0 Å². The molecule has 1 aromatic carbocycles. The van der Waals surface area contributed by atoms with Crippen LogP contribution in [0.25, 0.3) is 0 Å². The first-order valence-electron chi connectivity index (χ1n) is 9.62. The predicted molar refractivity (Wildman–Crippen MR) is 108 cm³/mol. The molecule has 2 amide bonds. The summed E-state index contributed by atoms with van der Waals surface area (Å²) in [4.78, 5) is 24.8. The molecule has 0 aliphatic heterocycles. The van der Waals surface area contributed by atoms with Gasteiger partial charge in [-0.1, -0.05) is 28.1 Å². The van der Waals surface area contributed by atoms with Gasteiger partial charge in [0.2, 0.25) is 5.91 Å². The van der Waals surface area contributed by atoms with Crippen LogP contribution in [-0.4, -0.2) is 29.7 Å². The number of rotatable bonds is 6. The van der Waals surface area contributed by atoms with Crippen LogP contribution in [0.2, 0.25) is 0 Å². The Morgan fingerprint density at radius 2 is 1.78 bits per heavy atom. The van der Waals surface area contributed by atoms with E-state index in [2.05, 4.69) is 38.7 Å². The Balaban J connectivity index is 1.55. The van der Waals surface area contributed by atoms with E-state index in [4.69, 9.17) is 4.74 Å². The van der Waals surface area contributed by atoms with Gasteiger partial charge >= 0.3 is 6.09 Å². The molecule has 148 valence electrons. The topological polar surface area (TPSA) is 67.4 Å². The van der Waals surface area contributed by atoms with Gasteiger partial charge in [-0.15, -0.1) is 0 Å². The first-order chi connectivity index (χ1) is 12.6. The van der Waals surface area contributed by atoms with Gasteiger partial charge in [0, 0.05) is 16.9 Å². The Kier molecular flexibility index (Phi) is 5.57. The van der Waals surface area contributed by atoms with E-state index in [9.17, 15) is 9.59 Å². The molecule has 0 saturated heterocycles. The Morgan fingerprint density at radius 3 is 2.33 bits per heavy atom. The summed E-state index contributed by atoms with van der Waals surface area (Å²) in [6.07, 6.45) is 2.59. The molecule has 27 heavy (non-hydrogen) atoms. The van der Waals surface area contributed by atoms with E-state index in [-0.39, 0.29) is 11.8 Å². The van der Waals surface area contributed by atoms with Crippen LogP contribution in [0, 0.1) is 11.8 Å². The monoisotopic (exact) mass is 436 g/mol. The Bertz CT molecular complexity index is 709. The predicted octanol–water partition coefficient (Wildman–Crippen LogP) is 4.36. The number of halogens is 1. The minimum atomic E-state index is -0.533. The molecule has 0 heterocycles. The van der Waals surface area contributed by atoms with Crippen molar-refractivity contribution in [2.75, 3.05) is 6.54 Å². The van der Waals surface area contributed by atoms with E-state index in [1.54, 1.807) is 0 Å². The second-order valence-corrected chi connectivity index (χ2v) is 9.95. The summed E-state index contributed by atoms with van der Waals surface area (Å²) in [6.45, 7) is 7.92. The van der Waals surface area contributed by atoms with Gasteiger partial charge in [-0.25, -0.2) is 4.79 Å². The lowest BCUT2D eigenvalue weighted by molar-refractivity contribution is -0.124. The molecule has 2 aliphatic rings. The zero-order chi connectivity index (χ0) is 19.8. The van der Waals surface area contributed by atoms with E-state index >= 15 is 0 Å². The number of ether oxygens (including phenoxy) is 1. The summed E-state index contributed by atoms with van der Waals surface area (Å²) >= 11 is 3.44. The normalized spacial score (nSPS) is 23.9. The van der Waals surface area contributed by atoms with E-state index in [1.165, 1.54) is 5.56 Å². The molecule has 6 heteroatoms. The molecule has 0 bridgehead atoms. The highest BCUT2D eigenvalue weighted by Gasteiger charge is 2.49. The molecule has 0 spiro atoms. The van der Waals surface area contributed by atoms with Gasteiger partial charge < -0.3 is 15.4 Å². The quantitative estimate of drug-likeness (QED) is 0.695. The fourth-order valence-electron chi connectivity index (χ4n) is 3.52. The maximum absolute atomic E-state index is 12.8. The molecule has 2 aliphatic carbocycles. The third-order valence-electron chi connectivity index (χ3n) is 5.31. The van der Waals surface area contributed by atoms with E-state index < -0.39 is 17.2 Å². The van der Waals surface area contributed by atoms with Crippen LogP contribution in [-0.2, 0) is 9.53 Å². The van der Waals surface area contributed by atoms with Crippen LogP contribution in [0.1, 0.15) is 58.4 Å². The largest absolute Gasteiger partial charge is 0.444 e. The van der Waals surface area contributed by atoms with Crippen molar-refractivity contribution in [3.05, 3.63) is 34.3 Å². The smallest absolute Gasteiger partial charge is 0.407 e. The molecule has 0 radical (unpaired) electrons. The van der Waals surface area contributed by atoms with E-state index in [0.29, 0.717) is 18.4 Å². The highest BCUT2D eigenvalue weighted by molar-refractivity contribution is 9.10. The van der Waals surface area contributed by atoms with Gasteiger partial charge in [0.25, 0.3) is 0 Å². The summed E-state index contributed by atoms with van der Waals surface area (Å²) in [5.41, 5.74) is 0.245. The number of amides is 2. The fraction of sp³-hybridized carbons (Fsp3) is 0.619. The minimum absolute atomic E-state index is 0.0192. The summed E-state index contributed by atoms with van der Waals surface area (Å²) in [7, 11) is 0. The van der Waals surface area contributed by atoms with Crippen LogP contribution < -0.4 is 10.6 Å². The summed E-state index contributed by atoms with van der Waals surface area (Å²) < 4.78 is 6.36. The van der Waals surface area contributed by atoms with Gasteiger partial charge in [0.05, 0.1) is 5.54 Å². The molecule has 5 nitrogen and oxygen atoms in total. The molecule has 2 fully saturated rings. The second kappa shape index (κ2) is 7.46. The summed E-state index contributed by atoms with van der Waals surface area (Å²) in [6, 6.07) is 8.18. The van der Waals surface area contributed by atoms with Crippen molar-refractivity contribution in [1.82, 2.24) is 10.6 Å². The van der Waals surface area contributed by atoms with Crippen molar-refractivity contribution in [3.63, 3.8) is 0 Å². The van der Waals surface area contributed by atoms with Crippen LogP contribution >= 0.6 is 15.9 Å². The average Bonchev–Trinajstić information content (AvgIpc) is 3.45. The number of carbonyl (C=O) groups excluding carboxylic acids is 2. The third-order valence-corrected chi connectivity index (χ3v) is 5.84. The molecule has 1 aromatic rings. The van der Waals surface area contributed by atoms with Crippen molar-refractivity contribution < 1.29 is 14.3 Å². The number of alkyl carbamates (subject to hydrolysis) is 1. The number of benzene rings is 1. The first-order valence-corrected chi connectivity index (χ1v) is 10.4. The van der Waals surface area contributed by atoms with E-state index in [0.717, 1.165) is 23.7 Å². The van der Waals surface area contributed by atoms with Crippen molar-refractivity contribution >= 4 is 27.9 Å². The van der Waals surface area contributed by atoms with Crippen molar-refractivity contribution in [3.8, 4) is 0 Å². The Labute approximate surface area is 169 Å². The highest BCUT2D eigenvalue weighted by Crippen LogP contribution is 2.48. The number of nitrogens with one attached hydrogen (secondary N) is 2. The van der Waals surface area contributed by atoms with Gasteiger partial charge in [-0.05, 0) is 76.5 Å². The summed E-state index contributed by atoms with van der Waals surface area (Å²) in [5, 5.41) is 6.06. The molecule has 3 rings (SSSR count). The first kappa shape index (κ1) is 20.2. The Hall–Kier alpha value is -1.56. The molecular weight excluding hydrogens is 408 g/mol. The van der Waals surface area contributed by atoms with E-state index in [1.807, 2.05) is 39.8 Å². The van der Waals surface area contributed by atoms with Gasteiger partial charge in [-0.3, -0.25) is 4.79 Å².